The average molecular weight is 457 g/mol. The molecule has 3 rings (SSSR count). The van der Waals surface area contributed by atoms with Crippen LogP contribution in [0.4, 0.5) is 0 Å². The van der Waals surface area contributed by atoms with E-state index in [1.807, 2.05) is 3.57 Å². The second-order valence-corrected chi connectivity index (χ2v) is 35.6. The van der Waals surface area contributed by atoms with E-state index in [0.29, 0.717) is 0 Å². The fourth-order valence-electron chi connectivity index (χ4n) is 2.86. The molecule has 0 atom stereocenters. The normalized spacial score (nSPS) is 24.6. The van der Waals surface area contributed by atoms with Crippen molar-refractivity contribution >= 4 is 15.8 Å². The molecule has 1 aromatic carbocycles. The van der Waals surface area contributed by atoms with Crippen LogP contribution in [0.2, 0.25) is 0 Å². The minimum absolute atomic E-state index is 0.597. The molecule has 0 bridgehead atoms. The molecule has 0 nitrogen and oxygen atoms in total. The summed E-state index contributed by atoms with van der Waals surface area (Å²) < 4.78 is 8.82. The third-order valence-electron chi connectivity index (χ3n) is 4.31. The maximum atomic E-state index is 2.61. The number of halogens is 2. The number of hydrogen-bond acceptors (Lipinski definition) is 0. The Hall–Kier alpha value is 0.680. The van der Waals surface area contributed by atoms with Crippen LogP contribution in [0.3, 0.4) is 0 Å². The third kappa shape index (κ3) is 1.88. The van der Waals surface area contributed by atoms with Crippen LogP contribution in [0.15, 0.2) is 6.07 Å². The van der Waals surface area contributed by atoms with E-state index in [4.69, 9.17) is 0 Å². The Morgan fingerprint density at radius 3 is 2.29 bits per heavy atom. The van der Waals surface area contributed by atoms with E-state index in [2.05, 4.69) is 33.8 Å². The molecule has 2 heterocycles. The summed E-state index contributed by atoms with van der Waals surface area (Å²) in [4.78, 5) is 0. The predicted molar refractivity (Wildman–Crippen MR) is 82.2 cm³/mol. The predicted octanol–water partition coefficient (Wildman–Crippen LogP) is 0.953. The Morgan fingerprint density at radius 1 is 1.12 bits per heavy atom. The van der Waals surface area contributed by atoms with Crippen molar-refractivity contribution < 1.29 is 14.5 Å². The van der Waals surface area contributed by atoms with Crippen LogP contribution in [-0.2, 0) is 6.42 Å². The summed E-state index contributed by atoms with van der Waals surface area (Å²) in [7, 11) is 0. The number of hydrogen-bond donors (Lipinski definition) is 0. The van der Waals surface area contributed by atoms with Crippen LogP contribution in [0, 0.1) is 24.3 Å². The van der Waals surface area contributed by atoms with Gasteiger partial charge in [0.15, 0.2) is 0 Å². The van der Waals surface area contributed by atoms with Crippen molar-refractivity contribution in [3.05, 3.63) is 31.9 Å². The maximum absolute atomic E-state index is 2.61. The summed E-state index contributed by atoms with van der Waals surface area (Å²) in [5, 5.41) is 0. The SMILES string of the molecule is CCc1c(C)c(C)cc(I2CC[I-]23CC3)c1C. The molecule has 0 saturated carbocycles. The zero-order valence-corrected chi connectivity index (χ0v) is 15.7. The number of alkyl halides is 4. The van der Waals surface area contributed by atoms with Crippen LogP contribution in [-0.4, -0.2) is 17.7 Å². The van der Waals surface area contributed by atoms with E-state index in [1.165, 1.54) is 6.42 Å². The first-order valence-electron chi connectivity index (χ1n) is 6.54. The van der Waals surface area contributed by atoms with Crippen molar-refractivity contribution in [2.24, 2.45) is 0 Å². The van der Waals surface area contributed by atoms with Gasteiger partial charge in [-0.15, -0.1) is 0 Å². The first kappa shape index (κ1) is 12.7. The second kappa shape index (κ2) is 4.36. The van der Waals surface area contributed by atoms with E-state index in [0.717, 1.165) is 0 Å². The topological polar surface area (TPSA) is 0 Å². The molecule has 1 spiro atoms. The Kier molecular flexibility index (Phi) is 3.26. The van der Waals surface area contributed by atoms with Gasteiger partial charge in [-0.2, -0.15) is 0 Å². The quantitative estimate of drug-likeness (QED) is 0.459. The Labute approximate surface area is 113 Å². The zero-order valence-electron chi connectivity index (χ0n) is 11.4. The molecule has 17 heavy (non-hydrogen) atoms. The summed E-state index contributed by atoms with van der Waals surface area (Å²) in [5.41, 5.74) is 6.54. The summed E-state index contributed by atoms with van der Waals surface area (Å²) in [5.74, 6) is 0. The Balaban J connectivity index is 2.08. The minimum atomic E-state index is -0.948. The van der Waals surface area contributed by atoms with Gasteiger partial charge in [0.05, 0.1) is 0 Å². The molecule has 1 aromatic rings. The van der Waals surface area contributed by atoms with Crippen LogP contribution in [0.25, 0.3) is 0 Å². The molecule has 2 aliphatic rings. The van der Waals surface area contributed by atoms with Crippen molar-refractivity contribution in [3.63, 3.8) is 0 Å². The molecule has 0 aromatic heterocycles. The standard InChI is InChI=1S/C15H23I2/c1-5-14-12(3)11(2)10-15(13(14)4)16-6-7-17(16)8-9-17/h10H,5-9H2,1-4H3/q-1. The number of aryl methyl sites for hydroxylation is 1. The van der Waals surface area contributed by atoms with Gasteiger partial charge >= 0.3 is 114 Å². The zero-order chi connectivity index (χ0) is 12.2. The molecule has 2 heteroatoms. The molecule has 2 saturated heterocycles. The summed E-state index contributed by atoms with van der Waals surface area (Å²) in [6, 6.07) is 2.61. The fraction of sp³-hybridized carbons (Fsp3) is 0.600. The molecular weight excluding hydrogens is 434 g/mol. The number of rotatable bonds is 2. The van der Waals surface area contributed by atoms with Gasteiger partial charge in [0, 0.05) is 0 Å². The Bertz CT molecular complexity index is 472. The van der Waals surface area contributed by atoms with Gasteiger partial charge < -0.3 is 0 Å². The van der Waals surface area contributed by atoms with Gasteiger partial charge in [-0.1, -0.05) is 0 Å². The molecule has 98 valence electrons. The summed E-state index contributed by atoms with van der Waals surface area (Å²) in [6.07, 6.45) is 1.23. The van der Waals surface area contributed by atoms with Crippen molar-refractivity contribution in [3.8, 4) is 0 Å². The molecule has 0 aliphatic carbocycles. The van der Waals surface area contributed by atoms with Gasteiger partial charge in [-0.25, -0.2) is 0 Å². The van der Waals surface area contributed by atoms with Crippen LogP contribution in [0.5, 0.6) is 0 Å². The molecule has 0 unspecified atom stereocenters. The van der Waals surface area contributed by atoms with Crippen LogP contribution in [0.1, 0.15) is 29.2 Å². The van der Waals surface area contributed by atoms with Crippen molar-refractivity contribution in [2.45, 2.75) is 34.1 Å². The van der Waals surface area contributed by atoms with E-state index >= 15 is 0 Å². The third-order valence-corrected chi connectivity index (χ3v) is 46.1. The molecule has 2 fully saturated rings. The first-order chi connectivity index (χ1) is 8.09. The number of benzene rings is 1. The summed E-state index contributed by atoms with van der Waals surface area (Å²) >= 11 is -1.54. The summed E-state index contributed by atoms with van der Waals surface area (Å²) in [6.45, 7) is 9.41. The second-order valence-electron chi connectivity index (χ2n) is 5.19. The monoisotopic (exact) mass is 457 g/mol. The van der Waals surface area contributed by atoms with Crippen molar-refractivity contribution in [1.82, 2.24) is 0 Å². The first-order valence-corrected chi connectivity index (χ1v) is 20.0. The van der Waals surface area contributed by atoms with Gasteiger partial charge in [0.25, 0.3) is 0 Å². The molecular formula is C15H23I2-. The Morgan fingerprint density at radius 2 is 1.82 bits per heavy atom. The molecule has 0 amide bonds. The van der Waals surface area contributed by atoms with E-state index in [1.54, 1.807) is 40.0 Å². The van der Waals surface area contributed by atoms with Gasteiger partial charge in [-0.3, -0.25) is 0 Å². The average Bonchev–Trinajstić information content (AvgIpc) is 3.07. The van der Waals surface area contributed by atoms with Gasteiger partial charge in [0.2, 0.25) is 0 Å². The molecule has 0 radical (unpaired) electrons. The van der Waals surface area contributed by atoms with E-state index in [9.17, 15) is 0 Å². The van der Waals surface area contributed by atoms with Crippen molar-refractivity contribution in [1.29, 1.82) is 0 Å². The van der Waals surface area contributed by atoms with Crippen LogP contribution < -0.4 is 14.5 Å². The van der Waals surface area contributed by atoms with E-state index < -0.39 is 30.3 Å². The van der Waals surface area contributed by atoms with Gasteiger partial charge in [-0.05, 0) is 0 Å². The fourth-order valence-corrected chi connectivity index (χ4v) is 49.7. The molecule has 2 aliphatic heterocycles. The molecule has 0 N–H and O–H groups in total. The van der Waals surface area contributed by atoms with E-state index in [-0.39, 0.29) is 0 Å². The van der Waals surface area contributed by atoms with Crippen molar-refractivity contribution in [2.75, 3.05) is 17.7 Å². The van der Waals surface area contributed by atoms with Crippen LogP contribution >= 0.6 is 15.8 Å². The van der Waals surface area contributed by atoms with Gasteiger partial charge in [0.1, 0.15) is 0 Å².